The molecule has 5 nitrogen and oxygen atoms in total. The number of benzene rings is 2. The molecular weight excluding hydrogens is 302 g/mol. The molecule has 5 heteroatoms. The van der Waals surface area contributed by atoms with Crippen LogP contribution in [0.1, 0.15) is 19.4 Å². The van der Waals surface area contributed by atoms with E-state index in [0.29, 0.717) is 5.75 Å². The maximum atomic E-state index is 10.9. The number of ether oxygens (including phenoxy) is 1. The lowest BCUT2D eigenvalue weighted by Gasteiger charge is -2.20. The topological polar surface area (TPSA) is 67.9 Å². The average molecular weight is 325 g/mol. The Morgan fingerprint density at radius 3 is 2.42 bits per heavy atom. The Balaban J connectivity index is 2.12. The molecule has 0 spiro atoms. The number of anilines is 1. The molecule has 2 aromatic rings. The molecule has 0 aliphatic rings. The Bertz CT molecular complexity index is 692. The number of hydrogen-bond donors (Lipinski definition) is 1. The summed E-state index contributed by atoms with van der Waals surface area (Å²) in [5.41, 5.74) is 7.95. The quantitative estimate of drug-likeness (QED) is 0.758. The summed E-state index contributed by atoms with van der Waals surface area (Å²) in [5.74, 6) is 0.0774. The van der Waals surface area contributed by atoms with Gasteiger partial charge in [0.05, 0.1) is 5.69 Å². The maximum Gasteiger partial charge on any atom is 0.255 e. The average Bonchev–Trinajstić information content (AvgIpc) is 2.61. The van der Waals surface area contributed by atoms with Gasteiger partial charge in [0.15, 0.2) is 6.61 Å². The van der Waals surface area contributed by atoms with Crippen molar-refractivity contribution in [2.45, 2.75) is 13.8 Å². The van der Waals surface area contributed by atoms with E-state index in [-0.39, 0.29) is 6.61 Å². The monoisotopic (exact) mass is 325 g/mol. The summed E-state index contributed by atoms with van der Waals surface area (Å²) >= 11 is 0. The fourth-order valence-corrected chi connectivity index (χ4v) is 2.35. The van der Waals surface area contributed by atoms with Gasteiger partial charge in [0.1, 0.15) is 5.75 Å². The van der Waals surface area contributed by atoms with E-state index in [2.05, 4.69) is 35.9 Å². The molecule has 0 unspecified atom stereocenters. The number of para-hydroxylation sites is 1. The molecule has 0 aliphatic heterocycles. The van der Waals surface area contributed by atoms with Gasteiger partial charge >= 0.3 is 0 Å². The molecule has 2 rings (SSSR count). The zero-order valence-corrected chi connectivity index (χ0v) is 14.1. The molecule has 0 aliphatic carbocycles. The Hall–Kier alpha value is -2.82. The molecule has 0 saturated carbocycles. The maximum absolute atomic E-state index is 10.9. The first-order chi connectivity index (χ1) is 11.6. The number of carbonyl (C=O) groups excluding carboxylic acids is 1. The van der Waals surface area contributed by atoms with E-state index < -0.39 is 5.91 Å². The Kier molecular flexibility index (Phi) is 6.37. The van der Waals surface area contributed by atoms with Crippen LogP contribution in [0.25, 0.3) is 0 Å². The molecule has 2 N–H and O–H groups in total. The minimum absolute atomic E-state index is 0.149. The lowest BCUT2D eigenvalue weighted by Crippen LogP contribution is -2.21. The van der Waals surface area contributed by atoms with Crippen LogP contribution in [-0.2, 0) is 4.79 Å². The third kappa shape index (κ3) is 4.84. The number of amides is 1. The highest BCUT2D eigenvalue weighted by Crippen LogP contribution is 2.21. The van der Waals surface area contributed by atoms with Gasteiger partial charge in [-0.15, -0.1) is 0 Å². The van der Waals surface area contributed by atoms with Crippen molar-refractivity contribution < 1.29 is 9.53 Å². The Labute approximate surface area is 142 Å². The predicted molar refractivity (Wildman–Crippen MR) is 98.4 cm³/mol. The number of rotatable bonds is 8. The van der Waals surface area contributed by atoms with Crippen molar-refractivity contribution in [3.8, 4) is 5.75 Å². The van der Waals surface area contributed by atoms with Gasteiger partial charge in [-0.2, -0.15) is 0 Å². The Morgan fingerprint density at radius 1 is 1.12 bits per heavy atom. The van der Waals surface area contributed by atoms with E-state index in [1.807, 2.05) is 30.3 Å². The summed E-state index contributed by atoms with van der Waals surface area (Å²) in [6, 6.07) is 15.5. The van der Waals surface area contributed by atoms with Gasteiger partial charge in [0.25, 0.3) is 5.91 Å². The van der Waals surface area contributed by atoms with Gasteiger partial charge in [0, 0.05) is 30.6 Å². The van der Waals surface area contributed by atoms with Crippen molar-refractivity contribution in [3.05, 3.63) is 54.1 Å². The Morgan fingerprint density at radius 2 is 1.79 bits per heavy atom. The first-order valence-electron chi connectivity index (χ1n) is 8.03. The summed E-state index contributed by atoms with van der Waals surface area (Å²) < 4.78 is 5.39. The second-order valence-corrected chi connectivity index (χ2v) is 5.24. The van der Waals surface area contributed by atoms with Gasteiger partial charge in [-0.05, 0) is 50.2 Å². The van der Waals surface area contributed by atoms with E-state index in [9.17, 15) is 4.79 Å². The summed E-state index contributed by atoms with van der Waals surface area (Å²) in [4.78, 5) is 17.6. The highest BCUT2D eigenvalue weighted by Gasteiger charge is 2.03. The van der Waals surface area contributed by atoms with Crippen molar-refractivity contribution in [2.24, 2.45) is 10.7 Å². The number of nitrogens with two attached hydrogens (primary N) is 1. The van der Waals surface area contributed by atoms with E-state index in [1.54, 1.807) is 12.3 Å². The van der Waals surface area contributed by atoms with Crippen LogP contribution in [0.3, 0.4) is 0 Å². The molecule has 0 aromatic heterocycles. The number of carbonyl (C=O) groups is 1. The van der Waals surface area contributed by atoms with Crippen LogP contribution >= 0.6 is 0 Å². The standard InChI is InChI=1S/C19H23N3O2/c1-3-22(4-2)17-11-9-16(10-12-17)21-13-15-7-5-6-8-18(15)24-14-19(20)23/h5-13H,3-4,14H2,1-2H3,(H2,20,23). The number of primary amides is 1. The molecule has 0 bridgehead atoms. The van der Waals surface area contributed by atoms with Gasteiger partial charge in [-0.3, -0.25) is 9.79 Å². The van der Waals surface area contributed by atoms with Gasteiger partial charge in [0.2, 0.25) is 0 Å². The second kappa shape index (κ2) is 8.72. The predicted octanol–water partition coefficient (Wildman–Crippen LogP) is 3.15. The van der Waals surface area contributed by atoms with Crippen LogP contribution in [0.5, 0.6) is 5.75 Å². The zero-order valence-electron chi connectivity index (χ0n) is 14.1. The van der Waals surface area contributed by atoms with E-state index in [1.165, 1.54) is 5.69 Å². The smallest absolute Gasteiger partial charge is 0.255 e. The van der Waals surface area contributed by atoms with E-state index in [0.717, 1.165) is 24.3 Å². The van der Waals surface area contributed by atoms with Crippen molar-refractivity contribution in [3.63, 3.8) is 0 Å². The van der Waals surface area contributed by atoms with E-state index >= 15 is 0 Å². The highest BCUT2D eigenvalue weighted by molar-refractivity contribution is 5.85. The fourth-order valence-electron chi connectivity index (χ4n) is 2.35. The largest absolute Gasteiger partial charge is 0.483 e. The molecule has 0 fully saturated rings. The van der Waals surface area contributed by atoms with Crippen molar-refractivity contribution in [2.75, 3.05) is 24.6 Å². The molecule has 24 heavy (non-hydrogen) atoms. The SMILES string of the molecule is CCN(CC)c1ccc(N=Cc2ccccc2OCC(N)=O)cc1. The van der Waals surface area contributed by atoms with Crippen LogP contribution in [0, 0.1) is 0 Å². The van der Waals surface area contributed by atoms with Gasteiger partial charge < -0.3 is 15.4 Å². The normalized spacial score (nSPS) is 10.8. The molecule has 126 valence electrons. The first kappa shape index (κ1) is 17.5. The second-order valence-electron chi connectivity index (χ2n) is 5.24. The third-order valence-electron chi connectivity index (χ3n) is 3.62. The van der Waals surface area contributed by atoms with Crippen LogP contribution in [0.15, 0.2) is 53.5 Å². The summed E-state index contributed by atoms with van der Waals surface area (Å²) in [7, 11) is 0. The highest BCUT2D eigenvalue weighted by atomic mass is 16.5. The molecule has 0 heterocycles. The van der Waals surface area contributed by atoms with Gasteiger partial charge in [-0.25, -0.2) is 0 Å². The van der Waals surface area contributed by atoms with Crippen molar-refractivity contribution in [1.29, 1.82) is 0 Å². The number of hydrogen-bond acceptors (Lipinski definition) is 4. The minimum atomic E-state index is -0.506. The van der Waals surface area contributed by atoms with Crippen LogP contribution in [0.4, 0.5) is 11.4 Å². The first-order valence-corrected chi connectivity index (χ1v) is 8.03. The number of nitrogens with zero attached hydrogens (tertiary/aromatic N) is 2. The number of aliphatic imine (C=N–C) groups is 1. The lowest BCUT2D eigenvalue weighted by molar-refractivity contribution is -0.119. The van der Waals surface area contributed by atoms with Gasteiger partial charge in [-0.1, -0.05) is 12.1 Å². The lowest BCUT2D eigenvalue weighted by atomic mass is 10.2. The molecular formula is C19H23N3O2. The van der Waals surface area contributed by atoms with Crippen LogP contribution < -0.4 is 15.4 Å². The molecule has 0 radical (unpaired) electrons. The zero-order chi connectivity index (χ0) is 17.4. The third-order valence-corrected chi connectivity index (χ3v) is 3.62. The van der Waals surface area contributed by atoms with E-state index in [4.69, 9.17) is 10.5 Å². The molecule has 0 saturated heterocycles. The van der Waals surface area contributed by atoms with Crippen molar-refractivity contribution >= 4 is 23.5 Å². The molecule has 1 amide bonds. The fraction of sp³-hybridized carbons (Fsp3) is 0.263. The van der Waals surface area contributed by atoms with Crippen LogP contribution in [-0.4, -0.2) is 31.8 Å². The summed E-state index contributed by atoms with van der Waals surface area (Å²) in [6.07, 6.45) is 1.72. The summed E-state index contributed by atoms with van der Waals surface area (Å²) in [5, 5.41) is 0. The molecule has 0 atom stereocenters. The molecule has 2 aromatic carbocycles. The van der Waals surface area contributed by atoms with Crippen molar-refractivity contribution in [1.82, 2.24) is 0 Å². The minimum Gasteiger partial charge on any atom is -0.483 e. The summed E-state index contributed by atoms with van der Waals surface area (Å²) in [6.45, 7) is 6.08. The van der Waals surface area contributed by atoms with Crippen LogP contribution in [0.2, 0.25) is 0 Å².